The fourth-order valence-corrected chi connectivity index (χ4v) is 4.06. The molecule has 3 aromatic heterocycles. The summed E-state index contributed by atoms with van der Waals surface area (Å²) >= 11 is 0. The average molecular weight is 379 g/mol. The van der Waals surface area contributed by atoms with Gasteiger partial charge in [0.05, 0.1) is 0 Å². The van der Waals surface area contributed by atoms with Gasteiger partial charge in [-0.1, -0.05) is 13.0 Å². The highest BCUT2D eigenvalue weighted by Crippen LogP contribution is 2.25. The van der Waals surface area contributed by atoms with Gasteiger partial charge in [-0.2, -0.15) is 4.98 Å². The fraction of sp³-hybridized carbons (Fsp3) is 0.381. The van der Waals surface area contributed by atoms with Gasteiger partial charge in [-0.25, -0.2) is 4.79 Å². The Balaban J connectivity index is 2.21. The molecule has 0 fully saturated rings. The van der Waals surface area contributed by atoms with E-state index in [1.807, 2.05) is 25.2 Å². The van der Waals surface area contributed by atoms with Crippen molar-refractivity contribution < 1.29 is 0 Å². The third-order valence-electron chi connectivity index (χ3n) is 5.43. The molecule has 28 heavy (non-hydrogen) atoms. The second-order valence-electron chi connectivity index (χ2n) is 7.57. The molecule has 0 aliphatic carbocycles. The van der Waals surface area contributed by atoms with E-state index in [1.54, 1.807) is 7.05 Å². The zero-order valence-corrected chi connectivity index (χ0v) is 17.2. The van der Waals surface area contributed by atoms with Crippen LogP contribution in [0.1, 0.15) is 35.9 Å². The van der Waals surface area contributed by atoms with Crippen molar-refractivity contribution in [3.63, 3.8) is 0 Å². The van der Waals surface area contributed by atoms with Crippen molar-refractivity contribution in [1.29, 1.82) is 0 Å². The van der Waals surface area contributed by atoms with Gasteiger partial charge < -0.3 is 0 Å². The van der Waals surface area contributed by atoms with Crippen molar-refractivity contribution >= 4 is 16.9 Å². The summed E-state index contributed by atoms with van der Waals surface area (Å²) in [6, 6.07) is 6.34. The van der Waals surface area contributed by atoms with E-state index in [0.717, 1.165) is 28.2 Å². The number of imidazole rings is 2. The molecular formula is C21H25N5O2. The quantitative estimate of drug-likeness (QED) is 0.550. The molecule has 0 spiro atoms. The highest BCUT2D eigenvalue weighted by Gasteiger charge is 2.23. The van der Waals surface area contributed by atoms with E-state index in [-0.39, 0.29) is 11.2 Å². The molecule has 4 rings (SSSR count). The van der Waals surface area contributed by atoms with E-state index in [1.165, 1.54) is 9.13 Å². The minimum Gasteiger partial charge on any atom is -0.283 e. The number of aromatic nitrogens is 5. The van der Waals surface area contributed by atoms with Gasteiger partial charge in [0.25, 0.3) is 5.56 Å². The predicted octanol–water partition coefficient (Wildman–Crippen LogP) is 2.78. The number of hydrogen-bond donors (Lipinski definition) is 0. The van der Waals surface area contributed by atoms with Crippen LogP contribution in [0.15, 0.2) is 27.8 Å². The van der Waals surface area contributed by atoms with Crippen LogP contribution in [-0.4, -0.2) is 23.1 Å². The molecule has 4 aromatic rings. The first kappa shape index (κ1) is 18.3. The lowest BCUT2D eigenvalue weighted by Crippen LogP contribution is -2.39. The van der Waals surface area contributed by atoms with Gasteiger partial charge in [0, 0.05) is 30.7 Å². The van der Waals surface area contributed by atoms with Gasteiger partial charge in [0.15, 0.2) is 11.2 Å². The Morgan fingerprint density at radius 3 is 2.21 bits per heavy atom. The molecular weight excluding hydrogens is 354 g/mol. The molecule has 0 saturated carbocycles. The van der Waals surface area contributed by atoms with E-state index in [4.69, 9.17) is 4.98 Å². The monoisotopic (exact) mass is 379 g/mol. The lowest BCUT2D eigenvalue weighted by molar-refractivity contribution is 0.592. The summed E-state index contributed by atoms with van der Waals surface area (Å²) < 4.78 is 6.72. The van der Waals surface area contributed by atoms with E-state index in [2.05, 4.69) is 36.6 Å². The molecule has 1 aromatic carbocycles. The Labute approximate surface area is 162 Å². The van der Waals surface area contributed by atoms with Crippen LogP contribution in [0.2, 0.25) is 0 Å². The van der Waals surface area contributed by atoms with Crippen LogP contribution >= 0.6 is 0 Å². The lowest BCUT2D eigenvalue weighted by atomic mass is 10.1. The molecule has 7 heteroatoms. The highest BCUT2D eigenvalue weighted by molar-refractivity contribution is 5.77. The summed E-state index contributed by atoms with van der Waals surface area (Å²) in [7, 11) is 1.67. The maximum absolute atomic E-state index is 13.2. The summed E-state index contributed by atoms with van der Waals surface area (Å²) in [5.41, 5.74) is 5.54. The smallest absolute Gasteiger partial charge is 0.283 e. The molecule has 0 aliphatic rings. The SMILES string of the molecule is CCCn1c(=O)c2c(nc3n(-c4cc(C)cc(C)c4)c(C)c(C)n23)n(C)c1=O. The number of fused-ring (bicyclic) bond motifs is 3. The van der Waals surface area contributed by atoms with Crippen molar-refractivity contribution in [2.45, 2.75) is 47.6 Å². The highest BCUT2D eigenvalue weighted by atomic mass is 16.2. The normalized spacial score (nSPS) is 11.8. The van der Waals surface area contributed by atoms with E-state index < -0.39 is 0 Å². The molecule has 0 bridgehead atoms. The largest absolute Gasteiger partial charge is 0.332 e. The van der Waals surface area contributed by atoms with Gasteiger partial charge in [0.1, 0.15) is 0 Å². The van der Waals surface area contributed by atoms with Gasteiger partial charge in [0.2, 0.25) is 5.78 Å². The molecule has 0 unspecified atom stereocenters. The summed E-state index contributed by atoms with van der Waals surface area (Å²) in [5.74, 6) is 0.649. The van der Waals surface area contributed by atoms with Crippen molar-refractivity contribution in [1.82, 2.24) is 23.1 Å². The number of aryl methyl sites for hydroxylation is 4. The Bertz CT molecular complexity index is 1340. The standard InChI is InChI=1S/C21H25N5O2/c1-7-8-24-19(27)17-18(23(6)21(24)28)22-20-25(14(4)15(5)26(17)20)16-10-12(2)9-13(3)11-16/h9-11H,7-8H2,1-6H3. The molecule has 3 heterocycles. The van der Waals surface area contributed by atoms with Crippen LogP contribution in [0.4, 0.5) is 0 Å². The molecule has 146 valence electrons. The van der Waals surface area contributed by atoms with Crippen molar-refractivity contribution in [2.24, 2.45) is 7.05 Å². The second kappa shape index (κ2) is 6.22. The molecule has 0 aliphatic heterocycles. The molecule has 7 nitrogen and oxygen atoms in total. The topological polar surface area (TPSA) is 66.2 Å². The zero-order valence-electron chi connectivity index (χ0n) is 17.2. The van der Waals surface area contributed by atoms with E-state index in [0.29, 0.717) is 29.9 Å². The number of hydrogen-bond acceptors (Lipinski definition) is 3. The third kappa shape index (κ3) is 2.38. The summed E-state index contributed by atoms with van der Waals surface area (Å²) in [5, 5.41) is 0. The lowest BCUT2D eigenvalue weighted by Gasteiger charge is -2.09. The Morgan fingerprint density at radius 2 is 1.61 bits per heavy atom. The first-order valence-corrected chi connectivity index (χ1v) is 9.54. The van der Waals surface area contributed by atoms with Crippen LogP contribution in [0.5, 0.6) is 0 Å². The van der Waals surface area contributed by atoms with Crippen LogP contribution in [-0.2, 0) is 13.6 Å². The Kier molecular flexibility index (Phi) is 4.06. The van der Waals surface area contributed by atoms with E-state index in [9.17, 15) is 9.59 Å². The van der Waals surface area contributed by atoms with Gasteiger partial charge in [-0.3, -0.25) is 22.9 Å². The van der Waals surface area contributed by atoms with Crippen LogP contribution in [0.25, 0.3) is 22.6 Å². The number of benzene rings is 1. The Morgan fingerprint density at radius 1 is 0.964 bits per heavy atom. The zero-order chi connectivity index (χ0) is 20.3. The summed E-state index contributed by atoms with van der Waals surface area (Å²) in [4.78, 5) is 30.6. The van der Waals surface area contributed by atoms with Crippen LogP contribution in [0.3, 0.4) is 0 Å². The van der Waals surface area contributed by atoms with Crippen LogP contribution in [0, 0.1) is 27.7 Å². The first-order valence-electron chi connectivity index (χ1n) is 9.54. The first-order chi connectivity index (χ1) is 13.3. The molecule has 0 radical (unpaired) electrons. The maximum atomic E-state index is 13.2. The summed E-state index contributed by atoms with van der Waals surface area (Å²) in [6.45, 7) is 10.5. The summed E-state index contributed by atoms with van der Waals surface area (Å²) in [6.07, 6.45) is 0.712. The predicted molar refractivity (Wildman–Crippen MR) is 111 cm³/mol. The molecule has 0 saturated heterocycles. The number of nitrogens with zero attached hydrogens (tertiary/aromatic N) is 5. The van der Waals surface area contributed by atoms with Crippen molar-refractivity contribution in [3.05, 3.63) is 61.6 Å². The van der Waals surface area contributed by atoms with Gasteiger partial charge in [-0.15, -0.1) is 0 Å². The minimum atomic E-state index is -0.326. The van der Waals surface area contributed by atoms with Crippen LogP contribution < -0.4 is 11.2 Å². The van der Waals surface area contributed by atoms with Gasteiger partial charge >= 0.3 is 5.69 Å². The average Bonchev–Trinajstić information content (AvgIpc) is 3.12. The fourth-order valence-electron chi connectivity index (χ4n) is 4.06. The second-order valence-corrected chi connectivity index (χ2v) is 7.57. The minimum absolute atomic E-state index is 0.284. The molecule has 0 atom stereocenters. The Hall–Kier alpha value is -3.09. The van der Waals surface area contributed by atoms with Gasteiger partial charge in [-0.05, 0) is 57.4 Å². The molecule has 0 N–H and O–H groups in total. The van der Waals surface area contributed by atoms with E-state index >= 15 is 0 Å². The third-order valence-corrected chi connectivity index (χ3v) is 5.43. The van der Waals surface area contributed by atoms with Crippen molar-refractivity contribution in [3.8, 4) is 5.69 Å². The van der Waals surface area contributed by atoms with Crippen molar-refractivity contribution in [2.75, 3.05) is 0 Å². The molecule has 0 amide bonds. The number of rotatable bonds is 3. The maximum Gasteiger partial charge on any atom is 0.332 e.